The summed E-state index contributed by atoms with van der Waals surface area (Å²) in [4.78, 5) is 23.4. The molecule has 0 aliphatic heterocycles. The van der Waals surface area contributed by atoms with Gasteiger partial charge in [-0.15, -0.1) is 12.4 Å². The van der Waals surface area contributed by atoms with E-state index in [1.54, 1.807) is 0 Å². The molecule has 0 aromatic carbocycles. The van der Waals surface area contributed by atoms with E-state index < -0.39 is 18.1 Å². The number of halogens is 1. The van der Waals surface area contributed by atoms with Crippen molar-refractivity contribution in [3.8, 4) is 0 Å². The summed E-state index contributed by atoms with van der Waals surface area (Å²) in [6.45, 7) is 2.82. The third-order valence-corrected chi connectivity index (χ3v) is 5.36. The highest BCUT2D eigenvalue weighted by atomic mass is 35.5. The molecule has 0 rings (SSSR count). The summed E-state index contributed by atoms with van der Waals surface area (Å²) in [7, 11) is 5.56. The third kappa shape index (κ3) is 16.6. The number of hydrogen-bond donors (Lipinski definition) is 2. The van der Waals surface area contributed by atoms with E-state index in [1.165, 1.54) is 64.2 Å². The molecule has 6 nitrogen and oxygen atoms in total. The molecule has 0 bridgehead atoms. The topological polar surface area (TPSA) is 95.2 Å². The lowest BCUT2D eigenvalue weighted by atomic mass is 9.99. The van der Waals surface area contributed by atoms with Crippen LogP contribution in [0.4, 0.5) is 0 Å². The second kappa shape index (κ2) is 18.0. The fraction of sp³-hybridized carbons (Fsp3) is 0.909. The van der Waals surface area contributed by atoms with Crippen LogP contribution < -0.4 is 16.2 Å². The Hall–Kier alpha value is -0.850. The highest BCUT2D eigenvalue weighted by Gasteiger charge is 2.34. The summed E-state index contributed by atoms with van der Waals surface area (Å²) >= 11 is 0. The number of unbranched alkanes of at least 4 members (excludes halogenated alkanes) is 11. The van der Waals surface area contributed by atoms with Crippen LogP contribution in [0.15, 0.2) is 0 Å². The molecule has 0 radical (unpaired) electrons. The van der Waals surface area contributed by atoms with Gasteiger partial charge in [0.2, 0.25) is 5.91 Å². The number of nitrogens with one attached hydrogen (secondary N) is 1. The van der Waals surface area contributed by atoms with Crippen LogP contribution in [0.3, 0.4) is 0 Å². The van der Waals surface area contributed by atoms with E-state index in [0.717, 1.165) is 12.8 Å². The Bertz CT molecular complexity index is 428. The number of carboxylic acid groups (broad SMARTS) is 1. The Balaban J connectivity index is 0. The van der Waals surface area contributed by atoms with E-state index in [4.69, 9.17) is 5.73 Å². The number of carboxylic acids is 1. The zero-order valence-corrected chi connectivity index (χ0v) is 20.0. The first kappa shape index (κ1) is 30.3. The van der Waals surface area contributed by atoms with Gasteiger partial charge in [0.15, 0.2) is 6.17 Å². The lowest BCUT2D eigenvalue weighted by Crippen LogP contribution is -2.59. The fourth-order valence-electron chi connectivity index (χ4n) is 3.40. The smallest absolute Gasteiger partial charge is 0.231 e. The number of rotatable bonds is 18. The number of carbonyl (C=O) groups excluding carboxylic acids is 2. The molecule has 0 aromatic heterocycles. The molecule has 29 heavy (non-hydrogen) atoms. The number of quaternary nitrogens is 1. The van der Waals surface area contributed by atoms with E-state index >= 15 is 0 Å². The summed E-state index contributed by atoms with van der Waals surface area (Å²) in [5.41, 5.74) is 6.11. The standard InChI is InChI=1S/C22H45N3O3.ClH/c1-5-6-7-8-9-10-11-12-13-14-15-16-17-24-22(28)19(18-20(26)27)21(23)25(2,3)4;/h19,21H,5-18,23H2,1-4H3,(H-,24,26,27,28);1H. The predicted octanol–water partition coefficient (Wildman–Crippen LogP) is 2.97. The predicted molar refractivity (Wildman–Crippen MR) is 120 cm³/mol. The summed E-state index contributed by atoms with van der Waals surface area (Å²) in [5, 5.41) is 13.8. The number of carbonyl (C=O) groups is 2. The van der Waals surface area contributed by atoms with Gasteiger partial charge in [0.05, 0.1) is 21.1 Å². The van der Waals surface area contributed by atoms with Gasteiger partial charge in [-0.1, -0.05) is 77.6 Å². The number of nitrogens with two attached hydrogens (primary N) is 1. The lowest BCUT2D eigenvalue weighted by molar-refractivity contribution is -0.898. The summed E-state index contributed by atoms with van der Waals surface area (Å²) < 4.78 is 0.323. The van der Waals surface area contributed by atoms with E-state index in [0.29, 0.717) is 11.0 Å². The zero-order valence-electron chi connectivity index (χ0n) is 19.2. The molecule has 3 N–H and O–H groups in total. The molecule has 174 valence electrons. The SMILES string of the molecule is CCCCCCCCCCCCCCNC(=O)C(CC(=O)[O-])C(N)[N+](C)(C)C.Cl. The number of nitrogens with zero attached hydrogens (tertiary/aromatic N) is 1. The number of amides is 1. The van der Waals surface area contributed by atoms with Crippen molar-refractivity contribution in [1.29, 1.82) is 0 Å². The molecular formula is C22H46ClN3O3. The van der Waals surface area contributed by atoms with Crippen molar-refractivity contribution in [2.24, 2.45) is 11.7 Å². The summed E-state index contributed by atoms with van der Waals surface area (Å²) in [6.07, 6.45) is 14.3. The maximum absolute atomic E-state index is 12.4. The molecule has 0 fully saturated rings. The van der Waals surface area contributed by atoms with Crippen LogP contribution in [-0.4, -0.2) is 50.2 Å². The molecule has 0 aliphatic carbocycles. The third-order valence-electron chi connectivity index (χ3n) is 5.36. The molecule has 1 amide bonds. The number of hydrogen-bond acceptors (Lipinski definition) is 4. The molecule has 2 atom stereocenters. The Morgan fingerprint density at radius 1 is 0.862 bits per heavy atom. The first-order valence-electron chi connectivity index (χ1n) is 11.2. The maximum Gasteiger partial charge on any atom is 0.231 e. The first-order chi connectivity index (χ1) is 13.2. The zero-order chi connectivity index (χ0) is 21.4. The average Bonchev–Trinajstić information content (AvgIpc) is 2.61. The molecule has 0 saturated carbocycles. The Morgan fingerprint density at radius 2 is 1.28 bits per heavy atom. The van der Waals surface area contributed by atoms with Crippen LogP contribution in [0.5, 0.6) is 0 Å². The van der Waals surface area contributed by atoms with Crippen LogP contribution in [0, 0.1) is 5.92 Å². The van der Waals surface area contributed by atoms with E-state index in [1.807, 2.05) is 21.1 Å². The largest absolute Gasteiger partial charge is 0.550 e. The molecular weight excluding hydrogens is 390 g/mol. The normalized spacial score (nSPS) is 13.4. The Kier molecular flexibility index (Phi) is 18.8. The van der Waals surface area contributed by atoms with Crippen LogP contribution in [0.1, 0.15) is 90.4 Å². The highest BCUT2D eigenvalue weighted by Crippen LogP contribution is 2.14. The minimum absolute atomic E-state index is 0. The van der Waals surface area contributed by atoms with Gasteiger partial charge < -0.3 is 19.7 Å². The Labute approximate surface area is 185 Å². The van der Waals surface area contributed by atoms with Crippen LogP contribution in [-0.2, 0) is 9.59 Å². The van der Waals surface area contributed by atoms with Gasteiger partial charge >= 0.3 is 0 Å². The van der Waals surface area contributed by atoms with E-state index in [9.17, 15) is 14.7 Å². The van der Waals surface area contributed by atoms with Gasteiger partial charge in [0.25, 0.3) is 0 Å². The fourth-order valence-corrected chi connectivity index (χ4v) is 3.40. The first-order valence-corrected chi connectivity index (χ1v) is 11.2. The second-order valence-corrected chi connectivity index (χ2v) is 8.97. The van der Waals surface area contributed by atoms with Gasteiger partial charge in [-0.05, 0) is 6.42 Å². The van der Waals surface area contributed by atoms with Gasteiger partial charge in [-0.25, -0.2) is 0 Å². The lowest BCUT2D eigenvalue weighted by Gasteiger charge is -2.35. The Morgan fingerprint density at radius 3 is 1.66 bits per heavy atom. The van der Waals surface area contributed by atoms with E-state index in [-0.39, 0.29) is 24.7 Å². The molecule has 0 heterocycles. The van der Waals surface area contributed by atoms with Crippen molar-refractivity contribution in [3.63, 3.8) is 0 Å². The van der Waals surface area contributed by atoms with Crippen molar-refractivity contribution in [2.75, 3.05) is 27.7 Å². The van der Waals surface area contributed by atoms with Crippen molar-refractivity contribution in [2.45, 2.75) is 96.6 Å². The average molecular weight is 436 g/mol. The molecule has 0 spiro atoms. The molecule has 0 aromatic rings. The summed E-state index contributed by atoms with van der Waals surface area (Å²) in [5.74, 6) is -2.30. The highest BCUT2D eigenvalue weighted by molar-refractivity contribution is 5.85. The van der Waals surface area contributed by atoms with Crippen LogP contribution in [0.2, 0.25) is 0 Å². The van der Waals surface area contributed by atoms with Crippen molar-refractivity contribution in [1.82, 2.24) is 5.32 Å². The minimum Gasteiger partial charge on any atom is -0.550 e. The quantitative estimate of drug-likeness (QED) is 0.196. The molecule has 7 heteroatoms. The number of aliphatic carboxylic acids is 1. The molecule has 2 unspecified atom stereocenters. The van der Waals surface area contributed by atoms with Gasteiger partial charge in [0, 0.05) is 18.9 Å². The molecule has 0 saturated heterocycles. The second-order valence-electron chi connectivity index (χ2n) is 8.97. The van der Waals surface area contributed by atoms with Crippen LogP contribution in [0.25, 0.3) is 0 Å². The van der Waals surface area contributed by atoms with Crippen LogP contribution >= 0.6 is 12.4 Å². The monoisotopic (exact) mass is 435 g/mol. The minimum atomic E-state index is -1.24. The van der Waals surface area contributed by atoms with Gasteiger partial charge in [-0.2, -0.15) is 0 Å². The van der Waals surface area contributed by atoms with Crippen molar-refractivity contribution < 1.29 is 19.2 Å². The van der Waals surface area contributed by atoms with Crippen molar-refractivity contribution >= 4 is 24.3 Å². The van der Waals surface area contributed by atoms with Gasteiger partial charge in [0.1, 0.15) is 5.92 Å². The van der Waals surface area contributed by atoms with Gasteiger partial charge in [-0.3, -0.25) is 10.5 Å². The maximum atomic E-state index is 12.4. The van der Waals surface area contributed by atoms with E-state index in [2.05, 4.69) is 12.2 Å². The summed E-state index contributed by atoms with van der Waals surface area (Å²) in [6, 6.07) is 0. The van der Waals surface area contributed by atoms with Crippen molar-refractivity contribution in [3.05, 3.63) is 0 Å². The molecule has 0 aliphatic rings.